The van der Waals surface area contributed by atoms with Gasteiger partial charge in [0.2, 0.25) is 5.79 Å². The Hall–Kier alpha value is -0.220. The molecule has 1 saturated heterocycles. The van der Waals surface area contributed by atoms with Crippen molar-refractivity contribution in [2.24, 2.45) is 0 Å². The van der Waals surface area contributed by atoms with E-state index < -0.39 is 11.9 Å². The number of aliphatic hydroxyl groups excluding tert-OH is 1. The van der Waals surface area contributed by atoms with Crippen LogP contribution in [0.4, 0.5) is 0 Å². The van der Waals surface area contributed by atoms with Crippen molar-refractivity contribution in [1.82, 2.24) is 0 Å². The molecule has 0 amide bonds. The van der Waals surface area contributed by atoms with E-state index in [0.29, 0.717) is 13.2 Å². The van der Waals surface area contributed by atoms with E-state index in [4.69, 9.17) is 9.47 Å². The average molecular weight is 508 g/mol. The predicted molar refractivity (Wildman–Crippen MR) is 96.9 cm³/mol. The molecular weight excluding hydrogens is 494 g/mol. The molecule has 1 atom stereocenters. The molecule has 3 nitrogen and oxygen atoms in total. The second-order valence-electron chi connectivity index (χ2n) is 4.83. The van der Waals surface area contributed by atoms with E-state index >= 15 is 0 Å². The van der Waals surface area contributed by atoms with Crippen LogP contribution in [-0.4, -0.2) is 18.3 Å². The first kappa shape index (κ1) is 15.7. The first-order chi connectivity index (χ1) is 10.1. The van der Waals surface area contributed by atoms with Crippen molar-refractivity contribution >= 4 is 45.2 Å². The van der Waals surface area contributed by atoms with Crippen molar-refractivity contribution in [2.75, 3.05) is 13.2 Å². The molecule has 1 unspecified atom stereocenters. The quantitative estimate of drug-likeness (QED) is 0.642. The van der Waals surface area contributed by atoms with Gasteiger partial charge in [0.1, 0.15) is 6.10 Å². The van der Waals surface area contributed by atoms with Gasteiger partial charge in [-0.25, -0.2) is 0 Å². The molecule has 0 radical (unpaired) electrons. The molecular formula is C16H14I2O3. The van der Waals surface area contributed by atoms with Crippen molar-refractivity contribution in [1.29, 1.82) is 0 Å². The van der Waals surface area contributed by atoms with Gasteiger partial charge in [0.25, 0.3) is 0 Å². The zero-order valence-corrected chi connectivity index (χ0v) is 15.4. The lowest BCUT2D eigenvalue weighted by Gasteiger charge is -2.33. The van der Waals surface area contributed by atoms with Gasteiger partial charge < -0.3 is 14.6 Å². The summed E-state index contributed by atoms with van der Waals surface area (Å²) in [6, 6.07) is 15.6. The van der Waals surface area contributed by atoms with Crippen molar-refractivity contribution < 1.29 is 14.6 Å². The molecule has 110 valence electrons. The number of ether oxygens (including phenoxy) is 2. The lowest BCUT2D eigenvalue weighted by atomic mass is 9.94. The normalized spacial score (nSPS) is 18.6. The molecule has 5 heteroatoms. The molecule has 0 aromatic heterocycles. The Bertz CT molecular complexity index is 604. The van der Waals surface area contributed by atoms with Crippen LogP contribution in [-0.2, 0) is 15.3 Å². The summed E-state index contributed by atoms with van der Waals surface area (Å²) in [4.78, 5) is 0. The minimum Gasteiger partial charge on any atom is -0.382 e. The van der Waals surface area contributed by atoms with Crippen molar-refractivity contribution in [2.45, 2.75) is 11.9 Å². The summed E-state index contributed by atoms with van der Waals surface area (Å²) in [6.07, 6.45) is -0.864. The van der Waals surface area contributed by atoms with Crippen molar-refractivity contribution in [3.05, 3.63) is 66.8 Å². The summed E-state index contributed by atoms with van der Waals surface area (Å²) in [5, 5.41) is 10.8. The molecule has 2 aromatic rings. The van der Waals surface area contributed by atoms with Crippen LogP contribution in [0.15, 0.2) is 48.5 Å². The fourth-order valence-electron chi connectivity index (χ4n) is 2.46. The first-order valence-corrected chi connectivity index (χ1v) is 8.75. The van der Waals surface area contributed by atoms with E-state index in [1.54, 1.807) is 0 Å². The van der Waals surface area contributed by atoms with Gasteiger partial charge in [-0.3, -0.25) is 0 Å². The highest BCUT2D eigenvalue weighted by molar-refractivity contribution is 14.1. The minimum atomic E-state index is -1.11. The van der Waals surface area contributed by atoms with Crippen LogP contribution in [0, 0.1) is 7.14 Å². The highest BCUT2D eigenvalue weighted by Gasteiger charge is 2.46. The third kappa shape index (κ3) is 3.12. The topological polar surface area (TPSA) is 38.7 Å². The second-order valence-corrected chi connectivity index (χ2v) is 7.32. The van der Waals surface area contributed by atoms with E-state index in [2.05, 4.69) is 45.2 Å². The zero-order valence-electron chi connectivity index (χ0n) is 11.1. The molecule has 1 fully saturated rings. The summed E-state index contributed by atoms with van der Waals surface area (Å²) < 4.78 is 13.9. The van der Waals surface area contributed by atoms with Crippen LogP contribution in [0.2, 0.25) is 0 Å². The summed E-state index contributed by atoms with van der Waals surface area (Å²) >= 11 is 4.49. The Morgan fingerprint density at radius 3 is 1.86 bits per heavy atom. The van der Waals surface area contributed by atoms with Gasteiger partial charge in [-0.15, -0.1) is 0 Å². The smallest absolute Gasteiger partial charge is 0.226 e. The first-order valence-electron chi connectivity index (χ1n) is 6.59. The Kier molecular flexibility index (Phi) is 4.84. The number of benzene rings is 2. The van der Waals surface area contributed by atoms with Gasteiger partial charge in [0.15, 0.2) is 0 Å². The van der Waals surface area contributed by atoms with Gasteiger partial charge >= 0.3 is 0 Å². The molecule has 0 spiro atoms. The van der Waals surface area contributed by atoms with Crippen LogP contribution >= 0.6 is 45.2 Å². The Labute approximate surface area is 150 Å². The van der Waals surface area contributed by atoms with E-state index in [0.717, 1.165) is 18.3 Å². The summed E-state index contributed by atoms with van der Waals surface area (Å²) in [6.45, 7) is 0.959. The fourth-order valence-corrected chi connectivity index (χ4v) is 3.18. The van der Waals surface area contributed by atoms with Gasteiger partial charge in [0.05, 0.1) is 13.2 Å². The number of hydrogen-bond donors (Lipinski definition) is 1. The van der Waals surface area contributed by atoms with E-state index in [1.165, 1.54) is 0 Å². The van der Waals surface area contributed by atoms with E-state index in [1.807, 2.05) is 48.5 Å². The van der Waals surface area contributed by atoms with Crippen LogP contribution in [0.3, 0.4) is 0 Å². The molecule has 21 heavy (non-hydrogen) atoms. The number of aliphatic hydroxyl groups is 1. The monoisotopic (exact) mass is 508 g/mol. The van der Waals surface area contributed by atoms with Crippen LogP contribution in [0.25, 0.3) is 0 Å². The Morgan fingerprint density at radius 1 is 0.857 bits per heavy atom. The number of halogens is 2. The second kappa shape index (κ2) is 6.49. The maximum absolute atomic E-state index is 10.8. The standard InChI is InChI=1S/C16H14I2O3/c17-13-5-1-11(2-6-13)15(19)16(20-9-10-21-16)12-3-7-14(18)8-4-12/h1-8,15,19H,9-10H2. The summed E-state index contributed by atoms with van der Waals surface area (Å²) in [5.74, 6) is -1.11. The van der Waals surface area contributed by atoms with E-state index in [-0.39, 0.29) is 0 Å². The lowest BCUT2D eigenvalue weighted by molar-refractivity contribution is -0.232. The molecule has 1 heterocycles. The molecule has 0 aliphatic carbocycles. The van der Waals surface area contributed by atoms with Crippen LogP contribution in [0.1, 0.15) is 17.2 Å². The SMILES string of the molecule is OC(c1ccc(I)cc1)C1(c2ccc(I)cc2)OCCO1. The maximum atomic E-state index is 10.8. The molecule has 1 N–H and O–H groups in total. The van der Waals surface area contributed by atoms with Crippen molar-refractivity contribution in [3.63, 3.8) is 0 Å². The lowest BCUT2D eigenvalue weighted by Crippen LogP contribution is -2.35. The van der Waals surface area contributed by atoms with Gasteiger partial charge in [-0.05, 0) is 75.0 Å². The highest BCUT2D eigenvalue weighted by atomic mass is 127. The number of rotatable bonds is 3. The summed E-state index contributed by atoms with van der Waals surface area (Å²) in [7, 11) is 0. The van der Waals surface area contributed by atoms with Crippen molar-refractivity contribution in [3.8, 4) is 0 Å². The van der Waals surface area contributed by atoms with Gasteiger partial charge in [-0.1, -0.05) is 24.3 Å². The summed E-state index contributed by atoms with van der Waals surface area (Å²) in [5.41, 5.74) is 1.63. The molecule has 1 aliphatic rings. The molecule has 0 saturated carbocycles. The molecule has 2 aromatic carbocycles. The fraction of sp³-hybridized carbons (Fsp3) is 0.250. The van der Waals surface area contributed by atoms with Gasteiger partial charge in [0, 0.05) is 12.7 Å². The maximum Gasteiger partial charge on any atom is 0.226 e. The van der Waals surface area contributed by atoms with Crippen LogP contribution in [0.5, 0.6) is 0 Å². The molecule has 3 rings (SSSR count). The molecule has 1 aliphatic heterocycles. The number of hydrogen-bond acceptors (Lipinski definition) is 3. The minimum absolute atomic E-state index is 0.480. The Morgan fingerprint density at radius 2 is 1.33 bits per heavy atom. The Balaban J connectivity index is 2.00. The van der Waals surface area contributed by atoms with Gasteiger partial charge in [-0.2, -0.15) is 0 Å². The third-order valence-electron chi connectivity index (χ3n) is 3.51. The predicted octanol–water partition coefficient (Wildman–Crippen LogP) is 3.83. The zero-order chi connectivity index (χ0) is 14.9. The highest BCUT2D eigenvalue weighted by Crippen LogP contribution is 2.42. The third-order valence-corrected chi connectivity index (χ3v) is 4.95. The largest absolute Gasteiger partial charge is 0.382 e. The van der Waals surface area contributed by atoms with Crippen LogP contribution < -0.4 is 0 Å². The van der Waals surface area contributed by atoms with E-state index in [9.17, 15) is 5.11 Å². The average Bonchev–Trinajstić information content (AvgIpc) is 2.99. The molecule has 0 bridgehead atoms.